The Bertz CT molecular complexity index is 772. The molecular formula is C18H22ClNOS. The number of benzene rings is 1. The standard InChI is InChI=1S/C18H22ClNOS/c1-10-7-13(18(3,4)5)14(19)8-12(10)15-9-16(21)17(22-6)11(2)20-15/h7-9H,1-6H3,(H,20,21). The van der Waals surface area contributed by atoms with Gasteiger partial charge in [0.2, 0.25) is 0 Å². The molecule has 0 aliphatic carbocycles. The number of aromatic nitrogens is 1. The van der Waals surface area contributed by atoms with Crippen LogP contribution in [0.1, 0.15) is 37.6 Å². The fraction of sp³-hybridized carbons (Fsp3) is 0.389. The SMILES string of the molecule is CSc1c(C)[nH]c(-c2cc(Cl)c(C(C)(C)C)cc2C)cc1=O. The smallest absolute Gasteiger partial charge is 0.195 e. The van der Waals surface area contributed by atoms with E-state index in [2.05, 4.69) is 38.7 Å². The zero-order chi connectivity index (χ0) is 16.7. The third-order valence-corrected chi connectivity index (χ3v) is 5.01. The molecule has 0 unspecified atom stereocenters. The van der Waals surface area contributed by atoms with Gasteiger partial charge in [0.05, 0.1) is 4.90 Å². The number of nitrogens with one attached hydrogen (secondary N) is 1. The molecule has 1 aromatic heterocycles. The number of pyridine rings is 1. The summed E-state index contributed by atoms with van der Waals surface area (Å²) < 4.78 is 0. The molecule has 0 radical (unpaired) electrons. The molecular weight excluding hydrogens is 314 g/mol. The van der Waals surface area contributed by atoms with Gasteiger partial charge in [-0.3, -0.25) is 4.79 Å². The monoisotopic (exact) mass is 335 g/mol. The summed E-state index contributed by atoms with van der Waals surface area (Å²) in [6.45, 7) is 10.4. The van der Waals surface area contributed by atoms with E-state index < -0.39 is 0 Å². The highest BCUT2D eigenvalue weighted by atomic mass is 35.5. The predicted molar refractivity (Wildman–Crippen MR) is 97.5 cm³/mol. The molecule has 0 bridgehead atoms. The molecule has 0 aliphatic rings. The van der Waals surface area contributed by atoms with E-state index in [4.69, 9.17) is 11.6 Å². The van der Waals surface area contributed by atoms with Crippen molar-refractivity contribution in [2.75, 3.05) is 6.26 Å². The number of aryl methyl sites for hydroxylation is 2. The summed E-state index contributed by atoms with van der Waals surface area (Å²) in [5.41, 5.74) is 4.97. The summed E-state index contributed by atoms with van der Waals surface area (Å²) in [5.74, 6) is 0. The molecule has 0 atom stereocenters. The first-order valence-electron chi connectivity index (χ1n) is 7.24. The number of thioether (sulfide) groups is 1. The van der Waals surface area contributed by atoms with E-state index >= 15 is 0 Å². The van der Waals surface area contributed by atoms with Crippen molar-refractivity contribution in [1.82, 2.24) is 4.98 Å². The lowest BCUT2D eigenvalue weighted by Gasteiger charge is -2.22. The van der Waals surface area contributed by atoms with Crippen molar-refractivity contribution in [1.29, 1.82) is 0 Å². The second-order valence-electron chi connectivity index (χ2n) is 6.60. The molecule has 4 heteroatoms. The topological polar surface area (TPSA) is 32.9 Å². The molecule has 0 fully saturated rings. The average molecular weight is 336 g/mol. The summed E-state index contributed by atoms with van der Waals surface area (Å²) in [6, 6.07) is 5.74. The van der Waals surface area contributed by atoms with Gasteiger partial charge in [-0.05, 0) is 42.7 Å². The Morgan fingerprint density at radius 1 is 1.14 bits per heavy atom. The minimum atomic E-state index is -0.00753. The highest BCUT2D eigenvalue weighted by Gasteiger charge is 2.19. The van der Waals surface area contributed by atoms with E-state index in [1.54, 1.807) is 6.07 Å². The van der Waals surface area contributed by atoms with Crippen LogP contribution in [0.15, 0.2) is 27.9 Å². The minimum Gasteiger partial charge on any atom is -0.357 e. The maximum atomic E-state index is 12.2. The van der Waals surface area contributed by atoms with Gasteiger partial charge in [-0.2, -0.15) is 0 Å². The molecule has 118 valence electrons. The van der Waals surface area contributed by atoms with Crippen LogP contribution in [0.4, 0.5) is 0 Å². The van der Waals surface area contributed by atoms with Crippen LogP contribution >= 0.6 is 23.4 Å². The minimum absolute atomic E-state index is 0.00753. The van der Waals surface area contributed by atoms with E-state index in [1.807, 2.05) is 19.2 Å². The van der Waals surface area contributed by atoms with Crippen LogP contribution in [0.25, 0.3) is 11.3 Å². The molecule has 2 aromatic rings. The Kier molecular flexibility index (Phi) is 4.78. The zero-order valence-corrected chi connectivity index (χ0v) is 15.5. The summed E-state index contributed by atoms with van der Waals surface area (Å²) in [4.78, 5) is 16.3. The van der Waals surface area contributed by atoms with Crippen molar-refractivity contribution in [3.05, 3.63) is 50.3 Å². The van der Waals surface area contributed by atoms with E-state index in [-0.39, 0.29) is 10.8 Å². The average Bonchev–Trinajstić information content (AvgIpc) is 2.39. The third-order valence-electron chi connectivity index (χ3n) is 3.78. The van der Waals surface area contributed by atoms with Gasteiger partial charge in [-0.15, -0.1) is 11.8 Å². The quantitative estimate of drug-likeness (QED) is 0.752. The summed E-state index contributed by atoms with van der Waals surface area (Å²) in [6.07, 6.45) is 1.91. The van der Waals surface area contributed by atoms with Crippen LogP contribution in [-0.4, -0.2) is 11.2 Å². The lowest BCUT2D eigenvalue weighted by Crippen LogP contribution is -2.13. The normalized spacial score (nSPS) is 11.8. The van der Waals surface area contributed by atoms with Crippen LogP contribution in [0.3, 0.4) is 0 Å². The fourth-order valence-corrected chi connectivity index (χ4v) is 3.69. The molecule has 2 rings (SSSR count). The highest BCUT2D eigenvalue weighted by Crippen LogP contribution is 2.35. The lowest BCUT2D eigenvalue weighted by atomic mass is 9.85. The number of halogens is 1. The number of rotatable bonds is 2. The number of aromatic amines is 1. The van der Waals surface area contributed by atoms with E-state index in [9.17, 15) is 4.79 Å². The molecule has 0 aliphatic heterocycles. The Balaban J connectivity index is 2.65. The molecule has 1 heterocycles. The molecule has 1 N–H and O–H groups in total. The van der Waals surface area contributed by atoms with Gasteiger partial charge < -0.3 is 4.98 Å². The predicted octanol–water partition coefficient (Wildman–Crippen LogP) is 5.33. The van der Waals surface area contributed by atoms with Crippen LogP contribution in [0, 0.1) is 13.8 Å². The number of H-pyrrole nitrogens is 1. The second-order valence-corrected chi connectivity index (χ2v) is 7.83. The van der Waals surface area contributed by atoms with E-state index in [0.717, 1.165) is 38.0 Å². The summed E-state index contributed by atoms with van der Waals surface area (Å²) >= 11 is 7.95. The van der Waals surface area contributed by atoms with Gasteiger partial charge in [0, 0.05) is 28.0 Å². The van der Waals surface area contributed by atoms with E-state index in [1.165, 1.54) is 11.8 Å². The Labute approximate surface area is 141 Å². The zero-order valence-electron chi connectivity index (χ0n) is 13.9. The van der Waals surface area contributed by atoms with E-state index in [0.29, 0.717) is 0 Å². The first kappa shape index (κ1) is 17.2. The molecule has 1 aromatic carbocycles. The van der Waals surface area contributed by atoms with Crippen LogP contribution in [0.5, 0.6) is 0 Å². The maximum Gasteiger partial charge on any atom is 0.195 e. The van der Waals surface area contributed by atoms with Gasteiger partial charge in [0.15, 0.2) is 5.43 Å². The second kappa shape index (κ2) is 6.13. The van der Waals surface area contributed by atoms with Crippen molar-refractivity contribution in [3.8, 4) is 11.3 Å². The number of hydrogen-bond donors (Lipinski definition) is 1. The summed E-state index contributed by atoms with van der Waals surface area (Å²) in [5, 5.41) is 0.737. The molecule has 22 heavy (non-hydrogen) atoms. The van der Waals surface area contributed by atoms with Gasteiger partial charge >= 0.3 is 0 Å². The van der Waals surface area contributed by atoms with Gasteiger partial charge in [-0.25, -0.2) is 0 Å². The Morgan fingerprint density at radius 2 is 1.77 bits per heavy atom. The van der Waals surface area contributed by atoms with Gasteiger partial charge in [-0.1, -0.05) is 38.4 Å². The van der Waals surface area contributed by atoms with Crippen LogP contribution < -0.4 is 5.43 Å². The van der Waals surface area contributed by atoms with Gasteiger partial charge in [0.1, 0.15) is 0 Å². The van der Waals surface area contributed by atoms with Crippen molar-refractivity contribution >= 4 is 23.4 Å². The van der Waals surface area contributed by atoms with Crippen molar-refractivity contribution < 1.29 is 0 Å². The van der Waals surface area contributed by atoms with Crippen molar-refractivity contribution in [3.63, 3.8) is 0 Å². The fourth-order valence-electron chi connectivity index (χ4n) is 2.62. The molecule has 0 saturated heterocycles. The Morgan fingerprint density at radius 3 is 2.27 bits per heavy atom. The number of hydrogen-bond acceptors (Lipinski definition) is 2. The first-order chi connectivity index (χ1) is 10.1. The maximum absolute atomic E-state index is 12.2. The van der Waals surface area contributed by atoms with Crippen molar-refractivity contribution in [2.45, 2.75) is 44.9 Å². The molecule has 0 spiro atoms. The van der Waals surface area contributed by atoms with Crippen LogP contribution in [0.2, 0.25) is 5.02 Å². The highest BCUT2D eigenvalue weighted by molar-refractivity contribution is 7.98. The largest absolute Gasteiger partial charge is 0.357 e. The summed E-state index contributed by atoms with van der Waals surface area (Å²) in [7, 11) is 0. The molecule has 2 nitrogen and oxygen atoms in total. The molecule has 0 saturated carbocycles. The first-order valence-corrected chi connectivity index (χ1v) is 8.84. The Hall–Kier alpha value is -1.19. The molecule has 0 amide bonds. The van der Waals surface area contributed by atoms with Gasteiger partial charge in [0.25, 0.3) is 0 Å². The third kappa shape index (κ3) is 3.26. The van der Waals surface area contributed by atoms with Crippen LogP contribution in [-0.2, 0) is 5.41 Å². The van der Waals surface area contributed by atoms with Crippen molar-refractivity contribution in [2.24, 2.45) is 0 Å². The lowest BCUT2D eigenvalue weighted by molar-refractivity contribution is 0.590.